The minimum atomic E-state index is -0.954. The van der Waals surface area contributed by atoms with E-state index < -0.39 is 12.1 Å². The number of hydrogen-bond acceptors (Lipinski definition) is 5. The fourth-order valence-electron chi connectivity index (χ4n) is 0.448. The Kier molecular flexibility index (Phi) is 26.3. The lowest BCUT2D eigenvalue weighted by Crippen LogP contribution is -2.15. The van der Waals surface area contributed by atoms with Crippen LogP contribution in [-0.4, -0.2) is 58.9 Å². The first-order valence-corrected chi connectivity index (χ1v) is 5.63. The van der Waals surface area contributed by atoms with Gasteiger partial charge in [-0.05, 0) is 12.8 Å². The first-order valence-electron chi connectivity index (χ1n) is 5.63. The second-order valence-corrected chi connectivity index (χ2v) is 3.15. The van der Waals surface area contributed by atoms with Gasteiger partial charge < -0.3 is 25.2 Å². The Bertz CT molecular complexity index is 128. The fraction of sp³-hybridized carbons (Fsp3) is 0.909. The van der Waals surface area contributed by atoms with Crippen LogP contribution in [0.4, 0.5) is 0 Å². The first kappa shape index (κ1) is 21.6. The molecule has 0 aliphatic rings. The second kappa shape index (κ2) is 20.7. The van der Waals surface area contributed by atoms with Gasteiger partial charge in [-0.2, -0.15) is 0 Å². The molecule has 6 heteroatoms. The average molecular weight is 254 g/mol. The summed E-state index contributed by atoms with van der Waals surface area (Å²) in [6, 6.07) is 0. The second-order valence-electron chi connectivity index (χ2n) is 3.15. The van der Waals surface area contributed by atoms with Crippen LogP contribution < -0.4 is 0 Å². The van der Waals surface area contributed by atoms with Crippen LogP contribution in [0.5, 0.6) is 0 Å². The highest BCUT2D eigenvalue weighted by Gasteiger charge is 1.93. The lowest BCUT2D eigenvalue weighted by atomic mass is 10.4. The van der Waals surface area contributed by atoms with Gasteiger partial charge in [0.15, 0.2) is 0 Å². The number of ether oxygens (including phenoxy) is 1. The number of aliphatic carboxylic acids is 1. The van der Waals surface area contributed by atoms with E-state index in [2.05, 4.69) is 13.8 Å². The molecule has 0 aromatic carbocycles. The molecular weight excluding hydrogens is 228 g/mol. The number of carbonyl (C=O) groups is 1. The van der Waals surface area contributed by atoms with Gasteiger partial charge in [-0.25, -0.2) is 0 Å². The molecule has 6 nitrogen and oxygen atoms in total. The molecule has 0 saturated heterocycles. The van der Waals surface area contributed by atoms with E-state index in [4.69, 9.17) is 30.0 Å². The van der Waals surface area contributed by atoms with Crippen LogP contribution in [0.2, 0.25) is 0 Å². The van der Waals surface area contributed by atoms with E-state index in [-0.39, 0.29) is 13.2 Å². The van der Waals surface area contributed by atoms with Crippen LogP contribution in [0.1, 0.15) is 33.6 Å². The highest BCUT2D eigenvalue weighted by molar-refractivity contribution is 5.62. The average Bonchev–Trinajstić information content (AvgIpc) is 2.29. The molecule has 0 aliphatic carbocycles. The minimum Gasteiger partial charge on any atom is -0.481 e. The summed E-state index contributed by atoms with van der Waals surface area (Å²) in [5.41, 5.74) is 0. The van der Waals surface area contributed by atoms with Gasteiger partial charge in [-0.3, -0.25) is 4.79 Å². The molecule has 0 atom stereocenters. The van der Waals surface area contributed by atoms with E-state index in [1.807, 2.05) is 0 Å². The van der Waals surface area contributed by atoms with Gasteiger partial charge in [0.05, 0.1) is 13.2 Å². The first-order chi connectivity index (χ1) is 7.95. The lowest BCUT2D eigenvalue weighted by Gasteiger charge is -1.96. The van der Waals surface area contributed by atoms with Crippen molar-refractivity contribution >= 4 is 5.97 Å². The highest BCUT2D eigenvalue weighted by Crippen LogP contribution is 1.81. The Labute approximate surface area is 103 Å². The van der Waals surface area contributed by atoms with Gasteiger partial charge >= 0.3 is 0 Å². The van der Waals surface area contributed by atoms with Gasteiger partial charge in [-0.1, -0.05) is 13.8 Å². The van der Waals surface area contributed by atoms with E-state index >= 15 is 0 Å². The molecule has 0 saturated carbocycles. The fourth-order valence-corrected chi connectivity index (χ4v) is 0.448. The smallest absolute Gasteiger partial charge is 0.300 e. The van der Waals surface area contributed by atoms with Crippen molar-refractivity contribution in [2.45, 2.75) is 39.7 Å². The van der Waals surface area contributed by atoms with Crippen molar-refractivity contribution < 1.29 is 30.0 Å². The van der Waals surface area contributed by atoms with Crippen molar-refractivity contribution in [3.8, 4) is 0 Å². The highest BCUT2D eigenvalue weighted by atomic mass is 16.5. The SMILES string of the molecule is CC(=O)O.CCCOCCC.OCC(O)CO. The summed E-state index contributed by atoms with van der Waals surface area (Å²) in [4.78, 5) is 9.00. The summed E-state index contributed by atoms with van der Waals surface area (Å²) in [5.74, 6) is -0.833. The summed E-state index contributed by atoms with van der Waals surface area (Å²) < 4.78 is 5.13. The number of rotatable bonds is 6. The topological polar surface area (TPSA) is 107 Å². The number of hydrogen-bond donors (Lipinski definition) is 4. The minimum absolute atomic E-state index is 0.365. The maximum atomic E-state index is 9.00. The maximum absolute atomic E-state index is 9.00. The summed E-state index contributed by atoms with van der Waals surface area (Å²) in [7, 11) is 0. The molecule has 17 heavy (non-hydrogen) atoms. The van der Waals surface area contributed by atoms with Crippen molar-refractivity contribution in [1.82, 2.24) is 0 Å². The standard InChI is InChI=1S/C6H14O.C3H8O3.C2H4O2/c1-3-5-7-6-4-2;4-1-3(6)2-5;1-2(3)4/h3-6H2,1-2H3;3-6H,1-2H2;1H3,(H,3,4). The van der Waals surface area contributed by atoms with Crippen LogP contribution in [0, 0.1) is 0 Å². The Hall–Kier alpha value is -0.690. The van der Waals surface area contributed by atoms with Gasteiger partial charge in [-0.15, -0.1) is 0 Å². The molecule has 0 radical (unpaired) electrons. The van der Waals surface area contributed by atoms with E-state index in [1.54, 1.807) is 0 Å². The molecule has 0 aromatic rings. The third-order valence-electron chi connectivity index (χ3n) is 1.12. The van der Waals surface area contributed by atoms with E-state index in [1.165, 1.54) is 0 Å². The Morgan fingerprint density at radius 2 is 1.41 bits per heavy atom. The molecule has 106 valence electrons. The van der Waals surface area contributed by atoms with Crippen molar-refractivity contribution in [3.63, 3.8) is 0 Å². The molecule has 0 unspecified atom stereocenters. The Balaban J connectivity index is -0.000000180. The Morgan fingerprint density at radius 1 is 1.12 bits per heavy atom. The predicted molar refractivity (Wildman–Crippen MR) is 64.9 cm³/mol. The van der Waals surface area contributed by atoms with Crippen LogP contribution >= 0.6 is 0 Å². The molecule has 0 aromatic heterocycles. The maximum Gasteiger partial charge on any atom is 0.300 e. The zero-order valence-electron chi connectivity index (χ0n) is 10.9. The number of carboxylic acids is 1. The molecular formula is C11H26O6. The summed E-state index contributed by atoms with van der Waals surface area (Å²) in [5, 5.41) is 31.4. The molecule has 0 aliphatic heterocycles. The number of aliphatic hydroxyl groups is 3. The van der Waals surface area contributed by atoms with Gasteiger partial charge in [0.2, 0.25) is 0 Å². The largest absolute Gasteiger partial charge is 0.481 e. The third-order valence-corrected chi connectivity index (χ3v) is 1.12. The monoisotopic (exact) mass is 254 g/mol. The number of carboxylic acid groups (broad SMARTS) is 1. The molecule has 0 spiro atoms. The molecule has 0 rings (SSSR count). The molecule has 0 amide bonds. The summed E-state index contributed by atoms with van der Waals surface area (Å²) in [6.07, 6.45) is 1.32. The lowest BCUT2D eigenvalue weighted by molar-refractivity contribution is -0.134. The van der Waals surface area contributed by atoms with E-state index in [0.29, 0.717) is 0 Å². The Morgan fingerprint density at radius 3 is 1.53 bits per heavy atom. The predicted octanol–water partition coefficient (Wildman–Crippen LogP) is 0.246. The zero-order valence-corrected chi connectivity index (χ0v) is 10.9. The van der Waals surface area contributed by atoms with Crippen LogP contribution in [0.3, 0.4) is 0 Å². The molecule has 0 bridgehead atoms. The van der Waals surface area contributed by atoms with Crippen molar-refractivity contribution in [1.29, 1.82) is 0 Å². The van der Waals surface area contributed by atoms with Crippen molar-refractivity contribution in [2.24, 2.45) is 0 Å². The van der Waals surface area contributed by atoms with Gasteiger partial charge in [0.25, 0.3) is 5.97 Å². The van der Waals surface area contributed by atoms with Gasteiger partial charge in [0, 0.05) is 20.1 Å². The van der Waals surface area contributed by atoms with E-state index in [9.17, 15) is 0 Å². The van der Waals surface area contributed by atoms with Gasteiger partial charge in [0.1, 0.15) is 6.10 Å². The quantitative estimate of drug-likeness (QED) is 0.506. The molecule has 0 fully saturated rings. The summed E-state index contributed by atoms with van der Waals surface area (Å²) in [6.45, 7) is 6.44. The van der Waals surface area contributed by atoms with E-state index in [0.717, 1.165) is 33.0 Å². The van der Waals surface area contributed by atoms with Crippen molar-refractivity contribution in [3.05, 3.63) is 0 Å². The number of aliphatic hydroxyl groups excluding tert-OH is 3. The van der Waals surface area contributed by atoms with Crippen molar-refractivity contribution in [2.75, 3.05) is 26.4 Å². The van der Waals surface area contributed by atoms with Crippen LogP contribution in [-0.2, 0) is 9.53 Å². The normalized spacial score (nSPS) is 8.88. The third kappa shape index (κ3) is 50.8. The van der Waals surface area contributed by atoms with Crippen LogP contribution in [0.25, 0.3) is 0 Å². The zero-order chi connectivity index (χ0) is 14.1. The van der Waals surface area contributed by atoms with Crippen LogP contribution in [0.15, 0.2) is 0 Å². The summed E-state index contributed by atoms with van der Waals surface area (Å²) >= 11 is 0. The molecule has 0 heterocycles. The molecule has 4 N–H and O–H groups in total.